The van der Waals surface area contributed by atoms with E-state index in [1.54, 1.807) is 46.9 Å². The van der Waals surface area contributed by atoms with Gasteiger partial charge in [-0.1, -0.05) is 41.8 Å². The average Bonchev–Trinajstić information content (AvgIpc) is 2.84. The summed E-state index contributed by atoms with van der Waals surface area (Å²) in [7, 11) is 3.21. The fourth-order valence-electron chi connectivity index (χ4n) is 4.73. The van der Waals surface area contributed by atoms with Crippen LogP contribution < -0.4 is 13.8 Å². The van der Waals surface area contributed by atoms with Crippen LogP contribution in [-0.2, 0) is 17.8 Å². The fourth-order valence-corrected chi connectivity index (χ4v) is 5.41. The van der Waals surface area contributed by atoms with Gasteiger partial charge in [-0.25, -0.2) is 0 Å². The van der Waals surface area contributed by atoms with Crippen LogP contribution in [0.25, 0.3) is 22.3 Å². The number of rotatable bonds is 6. The number of benzene rings is 2. The minimum Gasteiger partial charge on any atom is -0.481 e. The van der Waals surface area contributed by atoms with Crippen LogP contribution in [0.1, 0.15) is 48.6 Å². The monoisotopic (exact) mass is 538 g/mol. The standard InChI is InChI=1S/C26H28N2O4S.C4H10O/c1-14-7-9-17(10-8-14)22-16(3)23-24-18(11-20(31-4)27-26(24)32-5)13-28(33-6)25(23)15(2)19(22)12-21(29)30;1-4(2,3)5/h7-11H,12-13H2,1-6H3,(H,29,30);5H,1-3H3. The Morgan fingerprint density at radius 2 is 1.63 bits per heavy atom. The summed E-state index contributed by atoms with van der Waals surface area (Å²) in [5, 5.41) is 18.3. The second kappa shape index (κ2) is 11.7. The van der Waals surface area contributed by atoms with Crippen molar-refractivity contribution in [2.75, 3.05) is 24.8 Å². The van der Waals surface area contributed by atoms with Gasteiger partial charge in [0, 0.05) is 17.9 Å². The summed E-state index contributed by atoms with van der Waals surface area (Å²) in [6, 6.07) is 10.2. The quantitative estimate of drug-likeness (QED) is 0.350. The second-order valence-electron chi connectivity index (χ2n) is 10.4. The Morgan fingerprint density at radius 3 is 2.13 bits per heavy atom. The van der Waals surface area contributed by atoms with Gasteiger partial charge in [0.25, 0.3) is 0 Å². The highest BCUT2D eigenvalue weighted by molar-refractivity contribution is 7.99. The number of pyridine rings is 1. The molecule has 0 atom stereocenters. The van der Waals surface area contributed by atoms with Crippen molar-refractivity contribution in [2.24, 2.45) is 0 Å². The largest absolute Gasteiger partial charge is 0.481 e. The number of nitrogens with zero attached hydrogens (tertiary/aromatic N) is 2. The molecule has 38 heavy (non-hydrogen) atoms. The molecule has 0 saturated heterocycles. The third-order valence-corrected chi connectivity index (χ3v) is 7.00. The Balaban J connectivity index is 0.000000732. The van der Waals surface area contributed by atoms with Crippen LogP contribution in [0.5, 0.6) is 11.8 Å². The number of aliphatic hydroxyl groups is 1. The molecular weight excluding hydrogens is 500 g/mol. The molecule has 0 aliphatic carbocycles. The Kier molecular flexibility index (Phi) is 9.00. The van der Waals surface area contributed by atoms with Gasteiger partial charge in [-0.15, -0.1) is 0 Å². The first-order valence-electron chi connectivity index (χ1n) is 12.4. The molecule has 1 aromatic heterocycles. The topological polar surface area (TPSA) is 92.1 Å². The van der Waals surface area contributed by atoms with Gasteiger partial charge in [-0.2, -0.15) is 4.98 Å². The van der Waals surface area contributed by atoms with Gasteiger partial charge in [0.2, 0.25) is 11.8 Å². The van der Waals surface area contributed by atoms with Gasteiger partial charge in [0.15, 0.2) is 0 Å². The molecular formula is C30H38N2O5S. The van der Waals surface area contributed by atoms with E-state index in [2.05, 4.69) is 40.5 Å². The van der Waals surface area contributed by atoms with Crippen molar-refractivity contribution < 1.29 is 24.5 Å². The number of anilines is 1. The van der Waals surface area contributed by atoms with Crippen molar-refractivity contribution in [3.63, 3.8) is 0 Å². The molecule has 204 valence electrons. The van der Waals surface area contributed by atoms with E-state index >= 15 is 0 Å². The number of hydrogen-bond acceptors (Lipinski definition) is 7. The fraction of sp³-hybridized carbons (Fsp3) is 0.400. The van der Waals surface area contributed by atoms with Crippen molar-refractivity contribution >= 4 is 23.6 Å². The number of fused-ring (bicyclic) bond motifs is 3. The summed E-state index contributed by atoms with van der Waals surface area (Å²) in [6.45, 7) is 12.0. The summed E-state index contributed by atoms with van der Waals surface area (Å²) in [4.78, 5) is 16.5. The van der Waals surface area contributed by atoms with Crippen LogP contribution in [-0.4, -0.2) is 47.2 Å². The molecule has 0 spiro atoms. The van der Waals surface area contributed by atoms with E-state index in [0.717, 1.165) is 55.8 Å². The Bertz CT molecular complexity index is 1320. The van der Waals surface area contributed by atoms with Crippen LogP contribution in [0.2, 0.25) is 0 Å². The zero-order valence-corrected chi connectivity index (χ0v) is 24.5. The molecule has 0 bridgehead atoms. The SMILES string of the molecule is CC(C)(C)O.COc1cc2c(c(OC)n1)-c1c(C)c(-c3ccc(C)cc3)c(CC(=O)O)c(C)c1N(SC)C2. The van der Waals surface area contributed by atoms with E-state index in [0.29, 0.717) is 18.3 Å². The van der Waals surface area contributed by atoms with Crippen LogP contribution >= 0.6 is 11.9 Å². The summed E-state index contributed by atoms with van der Waals surface area (Å²) in [5.41, 5.74) is 9.48. The Hall–Kier alpha value is -3.23. The predicted octanol–water partition coefficient (Wildman–Crippen LogP) is 6.36. The zero-order valence-electron chi connectivity index (χ0n) is 23.7. The highest BCUT2D eigenvalue weighted by atomic mass is 32.2. The number of ether oxygens (including phenoxy) is 2. The van der Waals surface area contributed by atoms with E-state index < -0.39 is 11.6 Å². The summed E-state index contributed by atoms with van der Waals surface area (Å²) in [5.74, 6) is 0.169. The van der Waals surface area contributed by atoms with E-state index in [4.69, 9.17) is 14.6 Å². The zero-order chi connectivity index (χ0) is 28.4. The van der Waals surface area contributed by atoms with Gasteiger partial charge < -0.3 is 24.0 Å². The van der Waals surface area contributed by atoms with Crippen molar-refractivity contribution in [3.8, 4) is 34.0 Å². The van der Waals surface area contributed by atoms with Crippen LogP contribution in [0.3, 0.4) is 0 Å². The van der Waals surface area contributed by atoms with Gasteiger partial charge >= 0.3 is 5.97 Å². The summed E-state index contributed by atoms with van der Waals surface area (Å²) in [6.07, 6.45) is 1.99. The number of carboxylic acid groups (broad SMARTS) is 1. The van der Waals surface area contributed by atoms with Crippen molar-refractivity contribution in [1.82, 2.24) is 4.98 Å². The normalized spacial score (nSPS) is 12.2. The minimum atomic E-state index is -0.846. The highest BCUT2D eigenvalue weighted by Gasteiger charge is 2.33. The van der Waals surface area contributed by atoms with Crippen LogP contribution in [0.4, 0.5) is 5.69 Å². The lowest BCUT2D eigenvalue weighted by molar-refractivity contribution is -0.136. The number of aromatic nitrogens is 1. The van der Waals surface area contributed by atoms with E-state index in [1.807, 2.05) is 26.2 Å². The molecule has 0 unspecified atom stereocenters. The van der Waals surface area contributed by atoms with E-state index in [-0.39, 0.29) is 6.42 Å². The molecule has 2 aromatic carbocycles. The van der Waals surface area contributed by atoms with Crippen molar-refractivity contribution in [2.45, 2.75) is 60.1 Å². The maximum atomic E-state index is 11.9. The summed E-state index contributed by atoms with van der Waals surface area (Å²) < 4.78 is 13.4. The Labute approximate surface area is 230 Å². The smallest absolute Gasteiger partial charge is 0.307 e. The molecule has 7 nitrogen and oxygen atoms in total. The average molecular weight is 539 g/mol. The first-order valence-corrected chi connectivity index (χ1v) is 13.6. The lowest BCUT2D eigenvalue weighted by Gasteiger charge is -2.36. The molecule has 2 heterocycles. The molecule has 0 saturated carbocycles. The molecule has 0 radical (unpaired) electrons. The minimum absolute atomic E-state index is 0.0454. The third-order valence-electron chi connectivity index (χ3n) is 6.25. The summed E-state index contributed by atoms with van der Waals surface area (Å²) >= 11 is 1.62. The van der Waals surface area contributed by atoms with Crippen LogP contribution in [0, 0.1) is 20.8 Å². The maximum absolute atomic E-state index is 11.9. The number of hydrogen-bond donors (Lipinski definition) is 2. The molecule has 1 aliphatic rings. The molecule has 3 aromatic rings. The van der Waals surface area contributed by atoms with E-state index in [9.17, 15) is 9.90 Å². The molecule has 0 amide bonds. The van der Waals surface area contributed by atoms with Crippen molar-refractivity contribution in [1.29, 1.82) is 0 Å². The third kappa shape index (κ3) is 6.25. The molecule has 0 fully saturated rings. The van der Waals surface area contributed by atoms with Gasteiger partial charge in [-0.05, 0) is 74.9 Å². The Morgan fingerprint density at radius 1 is 1.03 bits per heavy atom. The first-order chi connectivity index (χ1) is 17.8. The predicted molar refractivity (Wildman–Crippen MR) is 155 cm³/mol. The van der Waals surface area contributed by atoms with Crippen LogP contribution in [0.15, 0.2) is 30.3 Å². The maximum Gasteiger partial charge on any atom is 0.307 e. The molecule has 4 rings (SSSR count). The van der Waals surface area contributed by atoms with Crippen molar-refractivity contribution in [3.05, 3.63) is 58.1 Å². The first kappa shape index (κ1) is 29.3. The lowest BCUT2D eigenvalue weighted by atomic mass is 9.81. The van der Waals surface area contributed by atoms with Gasteiger partial charge in [0.05, 0.1) is 44.0 Å². The second-order valence-corrected chi connectivity index (χ2v) is 11.2. The van der Waals surface area contributed by atoms with Gasteiger partial charge in [-0.3, -0.25) is 4.79 Å². The number of aliphatic carboxylic acids is 1. The van der Waals surface area contributed by atoms with E-state index in [1.165, 1.54) is 0 Å². The molecule has 1 aliphatic heterocycles. The molecule has 8 heteroatoms. The number of aryl methyl sites for hydroxylation is 1. The number of carboxylic acids is 1. The number of methoxy groups -OCH3 is 2. The number of carbonyl (C=O) groups is 1. The highest BCUT2D eigenvalue weighted by Crippen LogP contribution is 2.52. The molecule has 2 N–H and O–H groups in total. The lowest BCUT2D eigenvalue weighted by Crippen LogP contribution is -2.23. The van der Waals surface area contributed by atoms with Gasteiger partial charge in [0.1, 0.15) is 0 Å².